The Morgan fingerprint density at radius 2 is 1.75 bits per heavy atom. The molecule has 0 amide bonds. The van der Waals surface area contributed by atoms with Gasteiger partial charge in [-0.3, -0.25) is 0 Å². The number of benzene rings is 1. The summed E-state index contributed by atoms with van der Waals surface area (Å²) >= 11 is 5.99. The van der Waals surface area contributed by atoms with Crippen LogP contribution >= 0.6 is 11.6 Å². The second kappa shape index (κ2) is 5.80. The van der Waals surface area contributed by atoms with Crippen LogP contribution in [0.4, 0.5) is 11.5 Å². The number of hydrogen-bond acceptors (Lipinski definition) is 3. The fourth-order valence-corrected chi connectivity index (χ4v) is 2.09. The van der Waals surface area contributed by atoms with Gasteiger partial charge in [-0.2, -0.15) is 0 Å². The lowest BCUT2D eigenvalue weighted by Gasteiger charge is -2.19. The van der Waals surface area contributed by atoms with Crippen molar-refractivity contribution in [2.75, 3.05) is 5.32 Å². The maximum atomic E-state index is 5.99. The highest BCUT2D eigenvalue weighted by Gasteiger charge is 2.12. The average Bonchev–Trinajstić information content (AvgIpc) is 2.37. The van der Waals surface area contributed by atoms with Gasteiger partial charge in [0.05, 0.1) is 0 Å². The van der Waals surface area contributed by atoms with Gasteiger partial charge in [0.1, 0.15) is 16.8 Å². The van der Waals surface area contributed by atoms with Crippen LogP contribution in [0.3, 0.4) is 0 Å². The van der Waals surface area contributed by atoms with Crippen molar-refractivity contribution in [2.24, 2.45) is 0 Å². The number of nitrogens with zero attached hydrogens (tertiary/aromatic N) is 2. The smallest absolute Gasteiger partial charge is 0.135 e. The minimum Gasteiger partial charge on any atom is -0.340 e. The van der Waals surface area contributed by atoms with Gasteiger partial charge >= 0.3 is 0 Å². The predicted octanol–water partition coefficient (Wildman–Crippen LogP) is 4.73. The van der Waals surface area contributed by atoms with Crippen molar-refractivity contribution in [1.82, 2.24) is 9.97 Å². The first-order valence-corrected chi connectivity index (χ1v) is 7.17. The molecule has 106 valence electrons. The van der Waals surface area contributed by atoms with E-state index in [1.165, 1.54) is 5.56 Å². The zero-order valence-corrected chi connectivity index (χ0v) is 13.1. The third kappa shape index (κ3) is 3.70. The number of hydrogen-bond donors (Lipinski definition) is 1. The molecule has 0 aliphatic heterocycles. The zero-order valence-electron chi connectivity index (χ0n) is 12.4. The first-order chi connectivity index (χ1) is 9.38. The number of nitrogens with one attached hydrogen (secondary N) is 1. The lowest BCUT2D eigenvalue weighted by atomic mass is 9.87. The first kappa shape index (κ1) is 14.8. The molecule has 0 saturated carbocycles. The fourth-order valence-electron chi connectivity index (χ4n) is 1.89. The van der Waals surface area contributed by atoms with Crippen LogP contribution in [0, 0.1) is 0 Å². The molecule has 0 radical (unpaired) electrons. The van der Waals surface area contributed by atoms with E-state index in [0.29, 0.717) is 5.15 Å². The molecule has 1 aromatic heterocycles. The van der Waals surface area contributed by atoms with Crippen molar-refractivity contribution in [3.8, 4) is 0 Å². The number of anilines is 2. The maximum absolute atomic E-state index is 5.99. The molecule has 0 aliphatic carbocycles. The van der Waals surface area contributed by atoms with Crippen LogP contribution in [0.2, 0.25) is 5.15 Å². The molecule has 1 N–H and O–H groups in total. The average molecular weight is 290 g/mol. The van der Waals surface area contributed by atoms with Gasteiger partial charge in [-0.05, 0) is 23.1 Å². The lowest BCUT2D eigenvalue weighted by molar-refractivity contribution is 0.590. The van der Waals surface area contributed by atoms with Gasteiger partial charge in [0, 0.05) is 18.2 Å². The molecule has 3 nitrogen and oxygen atoms in total. The Kier molecular flexibility index (Phi) is 4.29. The van der Waals surface area contributed by atoms with E-state index in [-0.39, 0.29) is 5.41 Å². The highest BCUT2D eigenvalue weighted by molar-refractivity contribution is 6.29. The number of halogens is 1. The molecule has 1 aromatic carbocycles. The van der Waals surface area contributed by atoms with Gasteiger partial charge in [0.2, 0.25) is 0 Å². The summed E-state index contributed by atoms with van der Waals surface area (Å²) in [6.45, 7) is 8.61. The molecule has 1 heterocycles. The molecular weight excluding hydrogens is 270 g/mol. The van der Waals surface area contributed by atoms with Crippen molar-refractivity contribution in [3.05, 3.63) is 46.9 Å². The highest BCUT2D eigenvalue weighted by Crippen LogP contribution is 2.25. The standard InChI is InChI=1S/C16H20ClN3/c1-5-14-19-13(17)10-15(20-14)18-12-8-6-11(7-9-12)16(2,3)4/h6-10H,5H2,1-4H3,(H,18,19,20). The second-order valence-corrected chi connectivity index (χ2v) is 6.19. The Morgan fingerprint density at radius 1 is 1.10 bits per heavy atom. The Hall–Kier alpha value is -1.61. The van der Waals surface area contributed by atoms with Crippen LogP contribution in [-0.4, -0.2) is 9.97 Å². The van der Waals surface area contributed by atoms with Crippen molar-refractivity contribution < 1.29 is 0 Å². The summed E-state index contributed by atoms with van der Waals surface area (Å²) < 4.78 is 0. The van der Waals surface area contributed by atoms with Crippen LogP contribution in [0.25, 0.3) is 0 Å². The van der Waals surface area contributed by atoms with E-state index in [4.69, 9.17) is 11.6 Å². The van der Waals surface area contributed by atoms with Gasteiger partial charge in [-0.25, -0.2) is 9.97 Å². The van der Waals surface area contributed by atoms with Gasteiger partial charge < -0.3 is 5.32 Å². The van der Waals surface area contributed by atoms with E-state index in [9.17, 15) is 0 Å². The van der Waals surface area contributed by atoms with Crippen LogP contribution in [0.15, 0.2) is 30.3 Å². The first-order valence-electron chi connectivity index (χ1n) is 6.79. The minimum atomic E-state index is 0.159. The van der Waals surface area contributed by atoms with Crippen LogP contribution < -0.4 is 5.32 Å². The summed E-state index contributed by atoms with van der Waals surface area (Å²) in [4.78, 5) is 8.57. The third-order valence-electron chi connectivity index (χ3n) is 3.08. The number of aromatic nitrogens is 2. The largest absolute Gasteiger partial charge is 0.340 e. The Bertz CT molecular complexity index is 586. The number of rotatable bonds is 3. The lowest BCUT2D eigenvalue weighted by Crippen LogP contribution is -2.10. The molecule has 0 atom stereocenters. The fraction of sp³-hybridized carbons (Fsp3) is 0.375. The minimum absolute atomic E-state index is 0.159. The molecule has 2 aromatic rings. The highest BCUT2D eigenvalue weighted by atomic mass is 35.5. The normalized spacial score (nSPS) is 11.4. The molecule has 0 bridgehead atoms. The summed E-state index contributed by atoms with van der Waals surface area (Å²) in [5.41, 5.74) is 2.46. The monoisotopic (exact) mass is 289 g/mol. The SMILES string of the molecule is CCc1nc(Cl)cc(Nc2ccc(C(C)(C)C)cc2)n1. The molecule has 0 saturated heterocycles. The van der Waals surface area contributed by atoms with Crippen molar-refractivity contribution in [2.45, 2.75) is 39.5 Å². The quantitative estimate of drug-likeness (QED) is 0.830. The summed E-state index contributed by atoms with van der Waals surface area (Å²) in [5, 5.41) is 3.73. The Labute approximate surface area is 125 Å². The van der Waals surface area contributed by atoms with E-state index in [1.54, 1.807) is 6.07 Å². The predicted molar refractivity (Wildman–Crippen MR) is 84.8 cm³/mol. The molecule has 0 aliphatic rings. The topological polar surface area (TPSA) is 37.8 Å². The van der Waals surface area contributed by atoms with Crippen LogP contribution in [0.5, 0.6) is 0 Å². The molecule has 20 heavy (non-hydrogen) atoms. The van der Waals surface area contributed by atoms with Gasteiger partial charge in [0.15, 0.2) is 0 Å². The summed E-state index contributed by atoms with van der Waals surface area (Å²) in [7, 11) is 0. The summed E-state index contributed by atoms with van der Waals surface area (Å²) in [6, 6.07) is 10.1. The van der Waals surface area contributed by atoms with E-state index in [1.807, 2.05) is 6.92 Å². The maximum Gasteiger partial charge on any atom is 0.135 e. The van der Waals surface area contributed by atoms with E-state index >= 15 is 0 Å². The Balaban J connectivity index is 2.20. The Morgan fingerprint density at radius 3 is 2.30 bits per heavy atom. The molecular formula is C16H20ClN3. The molecule has 0 fully saturated rings. The van der Waals surface area contributed by atoms with Gasteiger partial charge in [-0.1, -0.05) is 51.4 Å². The van der Waals surface area contributed by atoms with Gasteiger partial charge in [-0.15, -0.1) is 0 Å². The zero-order chi connectivity index (χ0) is 14.8. The molecule has 2 rings (SSSR count). The van der Waals surface area contributed by atoms with Gasteiger partial charge in [0.25, 0.3) is 0 Å². The van der Waals surface area contributed by atoms with E-state index in [0.717, 1.165) is 23.8 Å². The summed E-state index contributed by atoms with van der Waals surface area (Å²) in [6.07, 6.45) is 0.762. The van der Waals surface area contributed by atoms with Crippen molar-refractivity contribution in [3.63, 3.8) is 0 Å². The van der Waals surface area contributed by atoms with Crippen LogP contribution in [0.1, 0.15) is 39.1 Å². The second-order valence-electron chi connectivity index (χ2n) is 5.80. The molecule has 4 heteroatoms. The van der Waals surface area contributed by atoms with E-state index in [2.05, 4.69) is 60.3 Å². The summed E-state index contributed by atoms with van der Waals surface area (Å²) in [5.74, 6) is 1.47. The van der Waals surface area contributed by atoms with Crippen LogP contribution in [-0.2, 0) is 11.8 Å². The van der Waals surface area contributed by atoms with Crippen molar-refractivity contribution >= 4 is 23.1 Å². The van der Waals surface area contributed by atoms with E-state index < -0.39 is 0 Å². The number of aryl methyl sites for hydroxylation is 1. The molecule has 0 spiro atoms. The third-order valence-corrected chi connectivity index (χ3v) is 3.27. The van der Waals surface area contributed by atoms with Crippen molar-refractivity contribution in [1.29, 1.82) is 0 Å². The molecule has 0 unspecified atom stereocenters.